The van der Waals surface area contributed by atoms with Crippen molar-refractivity contribution in [2.24, 2.45) is 11.8 Å². The molecule has 116 valence electrons. The Morgan fingerprint density at radius 2 is 1.75 bits per heavy atom. The number of hydrogen-bond acceptors (Lipinski definition) is 6. The summed E-state index contributed by atoms with van der Waals surface area (Å²) in [7, 11) is -3.70. The largest absolute Gasteiger partial charge is 0.466 e. The average molecular weight is 306 g/mol. The predicted molar refractivity (Wildman–Crippen MR) is 72.7 cm³/mol. The van der Waals surface area contributed by atoms with Gasteiger partial charge in [0.25, 0.3) is 0 Å². The summed E-state index contributed by atoms with van der Waals surface area (Å²) in [4.78, 5) is 24.0. The topological polar surface area (TPSA) is 86.7 Å². The third-order valence-corrected chi connectivity index (χ3v) is 5.95. The molecular weight excluding hydrogens is 284 g/mol. The first-order valence-corrected chi connectivity index (χ1v) is 8.63. The first kappa shape index (κ1) is 16.9. The van der Waals surface area contributed by atoms with Crippen LogP contribution in [-0.2, 0) is 28.9 Å². The van der Waals surface area contributed by atoms with Crippen LogP contribution in [0.25, 0.3) is 0 Å². The maximum absolute atomic E-state index is 12.2. The summed E-state index contributed by atoms with van der Waals surface area (Å²) in [5, 5.41) is 0. The fraction of sp³-hybridized carbons (Fsp3) is 0.846. The Hall–Kier alpha value is -1.11. The normalized spacial score (nSPS) is 30.0. The van der Waals surface area contributed by atoms with Crippen LogP contribution in [0.15, 0.2) is 0 Å². The highest BCUT2D eigenvalue weighted by Crippen LogP contribution is 2.46. The molecule has 0 amide bonds. The van der Waals surface area contributed by atoms with Gasteiger partial charge in [-0.3, -0.25) is 9.59 Å². The molecule has 3 atom stereocenters. The van der Waals surface area contributed by atoms with Crippen LogP contribution in [0.2, 0.25) is 0 Å². The lowest BCUT2D eigenvalue weighted by atomic mass is 9.97. The minimum absolute atomic E-state index is 0.0648. The number of carbonyl (C=O) groups excluding carboxylic acids is 2. The zero-order valence-corrected chi connectivity index (χ0v) is 13.2. The zero-order valence-electron chi connectivity index (χ0n) is 12.3. The lowest BCUT2D eigenvalue weighted by Crippen LogP contribution is -2.49. The molecule has 0 saturated heterocycles. The predicted octanol–water partition coefficient (Wildman–Crippen LogP) is 0.942. The van der Waals surface area contributed by atoms with E-state index in [1.165, 1.54) is 0 Å². The Bertz CT molecular complexity index is 483. The molecule has 1 fully saturated rings. The summed E-state index contributed by atoms with van der Waals surface area (Å²) in [6.07, 6.45) is 1.27. The first-order valence-electron chi connectivity index (χ1n) is 6.74. The molecule has 0 aromatic rings. The Morgan fingerprint density at radius 3 is 2.20 bits per heavy atom. The zero-order chi connectivity index (χ0) is 15.6. The van der Waals surface area contributed by atoms with Gasteiger partial charge in [-0.25, -0.2) is 8.42 Å². The smallest absolute Gasteiger partial charge is 0.327 e. The summed E-state index contributed by atoms with van der Waals surface area (Å²) < 4.78 is 32.5. The van der Waals surface area contributed by atoms with Crippen molar-refractivity contribution in [1.82, 2.24) is 0 Å². The van der Waals surface area contributed by atoms with Crippen LogP contribution in [0.4, 0.5) is 0 Å². The standard InChI is InChI=1S/C13H22O6S/c1-5-18-11(14)10-7-9(3)13(8-10,20(4,16)17)12(15)19-6-2/h9-10H,5-8H2,1-4H3. The Balaban J connectivity index is 3.14. The van der Waals surface area contributed by atoms with E-state index < -0.39 is 38.4 Å². The highest BCUT2D eigenvalue weighted by atomic mass is 32.2. The molecule has 1 rings (SSSR count). The van der Waals surface area contributed by atoms with Gasteiger partial charge in [0.2, 0.25) is 0 Å². The molecule has 0 heterocycles. The van der Waals surface area contributed by atoms with Gasteiger partial charge >= 0.3 is 11.9 Å². The van der Waals surface area contributed by atoms with Gasteiger partial charge in [0.15, 0.2) is 14.6 Å². The van der Waals surface area contributed by atoms with E-state index in [1.807, 2.05) is 0 Å². The van der Waals surface area contributed by atoms with E-state index in [-0.39, 0.29) is 19.6 Å². The van der Waals surface area contributed by atoms with Gasteiger partial charge < -0.3 is 9.47 Å². The van der Waals surface area contributed by atoms with Crippen LogP contribution >= 0.6 is 0 Å². The molecule has 0 spiro atoms. The third kappa shape index (κ3) is 2.82. The van der Waals surface area contributed by atoms with Crippen molar-refractivity contribution in [3.05, 3.63) is 0 Å². The van der Waals surface area contributed by atoms with Crippen molar-refractivity contribution in [3.63, 3.8) is 0 Å². The van der Waals surface area contributed by atoms with E-state index >= 15 is 0 Å². The van der Waals surface area contributed by atoms with Gasteiger partial charge in [0.1, 0.15) is 0 Å². The Morgan fingerprint density at radius 1 is 1.20 bits per heavy atom. The van der Waals surface area contributed by atoms with E-state index in [0.29, 0.717) is 6.42 Å². The maximum atomic E-state index is 12.2. The molecule has 0 N–H and O–H groups in total. The molecule has 1 aliphatic rings. The van der Waals surface area contributed by atoms with E-state index in [0.717, 1.165) is 6.26 Å². The van der Waals surface area contributed by atoms with E-state index in [2.05, 4.69) is 0 Å². The number of rotatable bonds is 5. The highest BCUT2D eigenvalue weighted by molar-refractivity contribution is 7.92. The van der Waals surface area contributed by atoms with Crippen LogP contribution in [-0.4, -0.2) is 44.6 Å². The summed E-state index contributed by atoms with van der Waals surface area (Å²) in [5.41, 5.74) is 0. The molecule has 7 heteroatoms. The molecule has 0 radical (unpaired) electrons. The average Bonchev–Trinajstić information content (AvgIpc) is 2.68. The molecule has 0 aliphatic heterocycles. The summed E-state index contributed by atoms with van der Waals surface area (Å²) in [6, 6.07) is 0. The van der Waals surface area contributed by atoms with Crippen LogP contribution in [0.3, 0.4) is 0 Å². The molecule has 1 aliphatic carbocycles. The number of hydrogen-bond donors (Lipinski definition) is 0. The van der Waals surface area contributed by atoms with Gasteiger partial charge in [-0.2, -0.15) is 0 Å². The minimum atomic E-state index is -3.70. The lowest BCUT2D eigenvalue weighted by molar-refractivity contribution is -0.148. The second-order valence-electron chi connectivity index (χ2n) is 5.17. The number of sulfone groups is 1. The Labute approximate surface area is 119 Å². The SMILES string of the molecule is CCOC(=O)C1CC(C)C(C(=O)OCC)(S(C)(=O)=O)C1. The summed E-state index contributed by atoms with van der Waals surface area (Å²) in [5.74, 6) is -2.27. The van der Waals surface area contributed by atoms with Gasteiger partial charge in [-0.05, 0) is 32.6 Å². The minimum Gasteiger partial charge on any atom is -0.466 e. The van der Waals surface area contributed by atoms with Gasteiger partial charge in [-0.1, -0.05) is 6.92 Å². The molecular formula is C13H22O6S. The summed E-state index contributed by atoms with van der Waals surface area (Å²) >= 11 is 0. The molecule has 6 nitrogen and oxygen atoms in total. The van der Waals surface area contributed by atoms with Crippen molar-refractivity contribution in [2.45, 2.75) is 38.4 Å². The second-order valence-corrected chi connectivity index (χ2v) is 7.44. The Kier molecular flexibility index (Phi) is 5.18. The maximum Gasteiger partial charge on any atom is 0.327 e. The summed E-state index contributed by atoms with van der Waals surface area (Å²) in [6.45, 7) is 5.31. The van der Waals surface area contributed by atoms with E-state index in [9.17, 15) is 18.0 Å². The molecule has 0 bridgehead atoms. The first-order chi connectivity index (χ1) is 9.20. The highest BCUT2D eigenvalue weighted by Gasteiger charge is 2.60. The fourth-order valence-electron chi connectivity index (χ4n) is 2.91. The molecule has 3 unspecified atom stereocenters. The van der Waals surface area contributed by atoms with Crippen molar-refractivity contribution >= 4 is 21.8 Å². The van der Waals surface area contributed by atoms with E-state index in [4.69, 9.17) is 9.47 Å². The number of carbonyl (C=O) groups is 2. The second kappa shape index (κ2) is 6.11. The van der Waals surface area contributed by atoms with Crippen LogP contribution in [0.1, 0.15) is 33.6 Å². The van der Waals surface area contributed by atoms with Gasteiger partial charge in [0, 0.05) is 6.26 Å². The molecule has 0 aromatic heterocycles. The van der Waals surface area contributed by atoms with Crippen LogP contribution in [0.5, 0.6) is 0 Å². The quantitative estimate of drug-likeness (QED) is 0.703. The van der Waals surface area contributed by atoms with Gasteiger partial charge in [0.05, 0.1) is 19.1 Å². The van der Waals surface area contributed by atoms with Crippen molar-refractivity contribution in [3.8, 4) is 0 Å². The number of esters is 2. The monoisotopic (exact) mass is 306 g/mol. The van der Waals surface area contributed by atoms with Crippen molar-refractivity contribution in [1.29, 1.82) is 0 Å². The molecule has 20 heavy (non-hydrogen) atoms. The van der Waals surface area contributed by atoms with Crippen LogP contribution < -0.4 is 0 Å². The third-order valence-electron chi connectivity index (χ3n) is 3.89. The van der Waals surface area contributed by atoms with Crippen molar-refractivity contribution in [2.75, 3.05) is 19.5 Å². The van der Waals surface area contributed by atoms with Gasteiger partial charge in [-0.15, -0.1) is 0 Å². The molecule has 0 aromatic carbocycles. The fourth-order valence-corrected chi connectivity index (χ4v) is 4.61. The van der Waals surface area contributed by atoms with E-state index in [1.54, 1.807) is 20.8 Å². The number of ether oxygens (including phenoxy) is 2. The molecule has 1 saturated carbocycles. The van der Waals surface area contributed by atoms with Crippen molar-refractivity contribution < 1.29 is 27.5 Å². The van der Waals surface area contributed by atoms with Crippen LogP contribution in [0, 0.1) is 11.8 Å². The lowest BCUT2D eigenvalue weighted by Gasteiger charge is -2.29.